The number of aliphatic hydroxyl groups is 1. The first kappa shape index (κ1) is 14.7. The monoisotopic (exact) mass is 249 g/mol. The van der Waals surface area contributed by atoms with Gasteiger partial charge in [-0.2, -0.15) is 0 Å². The van der Waals surface area contributed by atoms with Crippen molar-refractivity contribution in [3.63, 3.8) is 0 Å². The van der Waals surface area contributed by atoms with Crippen molar-refractivity contribution in [2.75, 3.05) is 11.4 Å². The zero-order valence-electron chi connectivity index (χ0n) is 11.4. The van der Waals surface area contributed by atoms with Gasteiger partial charge in [-0.05, 0) is 30.5 Å². The van der Waals surface area contributed by atoms with Crippen LogP contribution < -0.4 is 4.90 Å². The second-order valence-corrected chi connectivity index (χ2v) is 4.48. The first-order valence-electron chi connectivity index (χ1n) is 6.73. The van der Waals surface area contributed by atoms with Gasteiger partial charge in [0.1, 0.15) is 0 Å². The molecule has 0 unspecified atom stereocenters. The molecule has 0 atom stereocenters. The molecule has 0 aliphatic heterocycles. The Morgan fingerprint density at radius 3 is 2.67 bits per heavy atom. The first-order chi connectivity index (χ1) is 8.72. The third kappa shape index (κ3) is 4.15. The van der Waals surface area contributed by atoms with E-state index in [0.29, 0.717) is 6.42 Å². The molecule has 100 valence electrons. The number of amides is 1. The summed E-state index contributed by atoms with van der Waals surface area (Å²) in [7, 11) is 0. The largest absolute Gasteiger partial charge is 0.392 e. The zero-order valence-corrected chi connectivity index (χ0v) is 11.4. The molecule has 0 saturated heterocycles. The lowest BCUT2D eigenvalue weighted by atomic mass is 10.1. The molecule has 1 aromatic rings. The summed E-state index contributed by atoms with van der Waals surface area (Å²) in [6.07, 6.45) is 3.50. The summed E-state index contributed by atoms with van der Waals surface area (Å²) < 4.78 is 0. The summed E-state index contributed by atoms with van der Waals surface area (Å²) in [4.78, 5) is 14.0. The minimum Gasteiger partial charge on any atom is -0.392 e. The Hall–Kier alpha value is -1.35. The van der Waals surface area contributed by atoms with Gasteiger partial charge in [0.25, 0.3) is 0 Å². The van der Waals surface area contributed by atoms with Crippen molar-refractivity contribution in [3.8, 4) is 0 Å². The highest BCUT2D eigenvalue weighted by Gasteiger charge is 2.14. The highest BCUT2D eigenvalue weighted by Crippen LogP contribution is 2.18. The van der Waals surface area contributed by atoms with Crippen LogP contribution >= 0.6 is 0 Å². The SMILES string of the molecule is CCCCN(C(=O)CCC)c1cccc(CO)c1. The topological polar surface area (TPSA) is 40.5 Å². The van der Waals surface area contributed by atoms with E-state index < -0.39 is 0 Å². The molecule has 1 amide bonds. The van der Waals surface area contributed by atoms with Gasteiger partial charge >= 0.3 is 0 Å². The van der Waals surface area contributed by atoms with Crippen LogP contribution in [0.25, 0.3) is 0 Å². The Balaban J connectivity index is 2.89. The number of rotatable bonds is 7. The van der Waals surface area contributed by atoms with Crippen LogP contribution in [0.2, 0.25) is 0 Å². The quantitative estimate of drug-likeness (QED) is 0.806. The fraction of sp³-hybridized carbons (Fsp3) is 0.533. The summed E-state index contributed by atoms with van der Waals surface area (Å²) in [6.45, 7) is 4.90. The maximum Gasteiger partial charge on any atom is 0.226 e. The van der Waals surface area contributed by atoms with Gasteiger partial charge in [-0.15, -0.1) is 0 Å². The molecule has 0 bridgehead atoms. The fourth-order valence-corrected chi connectivity index (χ4v) is 1.89. The molecule has 18 heavy (non-hydrogen) atoms. The molecule has 3 heteroatoms. The molecule has 0 spiro atoms. The Morgan fingerprint density at radius 2 is 2.06 bits per heavy atom. The number of benzene rings is 1. The second kappa shape index (κ2) is 7.88. The van der Waals surface area contributed by atoms with Crippen molar-refractivity contribution < 1.29 is 9.90 Å². The van der Waals surface area contributed by atoms with E-state index in [0.717, 1.165) is 37.1 Å². The van der Waals surface area contributed by atoms with Crippen LogP contribution in [0.15, 0.2) is 24.3 Å². The van der Waals surface area contributed by atoms with E-state index in [1.165, 1.54) is 0 Å². The summed E-state index contributed by atoms with van der Waals surface area (Å²) in [5, 5.41) is 9.16. The van der Waals surface area contributed by atoms with Gasteiger partial charge in [0.15, 0.2) is 0 Å². The summed E-state index contributed by atoms with van der Waals surface area (Å²) in [5.74, 6) is 0.168. The van der Waals surface area contributed by atoms with Gasteiger partial charge < -0.3 is 10.0 Å². The van der Waals surface area contributed by atoms with Crippen LogP contribution in [-0.2, 0) is 11.4 Å². The maximum atomic E-state index is 12.1. The highest BCUT2D eigenvalue weighted by molar-refractivity contribution is 5.93. The summed E-state index contributed by atoms with van der Waals surface area (Å²) in [5.41, 5.74) is 1.74. The third-order valence-electron chi connectivity index (χ3n) is 2.91. The predicted molar refractivity (Wildman–Crippen MR) is 74.5 cm³/mol. The van der Waals surface area contributed by atoms with Gasteiger partial charge in [0.05, 0.1) is 6.61 Å². The van der Waals surface area contributed by atoms with Crippen molar-refractivity contribution in [2.45, 2.75) is 46.1 Å². The number of aliphatic hydroxyl groups excluding tert-OH is 1. The average molecular weight is 249 g/mol. The number of carbonyl (C=O) groups is 1. The summed E-state index contributed by atoms with van der Waals surface area (Å²) >= 11 is 0. The van der Waals surface area contributed by atoms with Crippen LogP contribution in [0.4, 0.5) is 5.69 Å². The van der Waals surface area contributed by atoms with Crippen LogP contribution in [0.3, 0.4) is 0 Å². The molecule has 1 rings (SSSR count). The van der Waals surface area contributed by atoms with Crippen LogP contribution in [-0.4, -0.2) is 17.6 Å². The van der Waals surface area contributed by atoms with E-state index >= 15 is 0 Å². The van der Waals surface area contributed by atoms with Gasteiger partial charge in [-0.25, -0.2) is 0 Å². The smallest absolute Gasteiger partial charge is 0.226 e. The standard InChI is InChI=1S/C15H23NO2/c1-3-5-10-16(15(18)7-4-2)14-9-6-8-13(11-14)12-17/h6,8-9,11,17H,3-5,7,10,12H2,1-2H3. The molecule has 0 saturated carbocycles. The lowest BCUT2D eigenvalue weighted by Gasteiger charge is -2.23. The average Bonchev–Trinajstić information content (AvgIpc) is 2.40. The molecule has 3 nitrogen and oxygen atoms in total. The van der Waals surface area contributed by atoms with E-state index in [2.05, 4.69) is 6.92 Å². The first-order valence-corrected chi connectivity index (χ1v) is 6.73. The number of carbonyl (C=O) groups excluding carboxylic acids is 1. The van der Waals surface area contributed by atoms with Crippen molar-refractivity contribution in [2.24, 2.45) is 0 Å². The van der Waals surface area contributed by atoms with Crippen molar-refractivity contribution in [1.82, 2.24) is 0 Å². The number of anilines is 1. The lowest BCUT2D eigenvalue weighted by molar-refractivity contribution is -0.118. The maximum absolute atomic E-state index is 12.1. The van der Waals surface area contributed by atoms with E-state index in [4.69, 9.17) is 5.11 Å². The highest BCUT2D eigenvalue weighted by atomic mass is 16.3. The molecular weight excluding hydrogens is 226 g/mol. The molecule has 0 heterocycles. The Labute approximate surface area is 109 Å². The van der Waals surface area contributed by atoms with Gasteiger partial charge in [0, 0.05) is 18.7 Å². The van der Waals surface area contributed by atoms with E-state index in [9.17, 15) is 4.79 Å². The lowest BCUT2D eigenvalue weighted by Crippen LogP contribution is -2.31. The van der Waals surface area contributed by atoms with E-state index in [1.807, 2.05) is 36.1 Å². The molecule has 0 aromatic heterocycles. The number of nitrogens with zero attached hydrogens (tertiary/aromatic N) is 1. The van der Waals surface area contributed by atoms with Gasteiger partial charge in [-0.3, -0.25) is 4.79 Å². The van der Waals surface area contributed by atoms with Gasteiger partial charge in [-0.1, -0.05) is 32.4 Å². The molecule has 0 radical (unpaired) electrons. The van der Waals surface area contributed by atoms with E-state index in [1.54, 1.807) is 0 Å². The number of hydrogen-bond acceptors (Lipinski definition) is 2. The second-order valence-electron chi connectivity index (χ2n) is 4.48. The summed E-state index contributed by atoms with van der Waals surface area (Å²) in [6, 6.07) is 7.58. The van der Waals surface area contributed by atoms with Crippen molar-refractivity contribution >= 4 is 11.6 Å². The molecule has 0 aliphatic carbocycles. The molecule has 1 N–H and O–H groups in total. The molecule has 0 fully saturated rings. The predicted octanol–water partition coefficient (Wildman–Crippen LogP) is 3.11. The van der Waals surface area contributed by atoms with Gasteiger partial charge in [0.2, 0.25) is 5.91 Å². The van der Waals surface area contributed by atoms with Crippen molar-refractivity contribution in [1.29, 1.82) is 0 Å². The zero-order chi connectivity index (χ0) is 13.4. The third-order valence-corrected chi connectivity index (χ3v) is 2.91. The normalized spacial score (nSPS) is 10.4. The van der Waals surface area contributed by atoms with Crippen LogP contribution in [0.5, 0.6) is 0 Å². The Morgan fingerprint density at radius 1 is 1.28 bits per heavy atom. The fourth-order valence-electron chi connectivity index (χ4n) is 1.89. The minimum absolute atomic E-state index is 0.0113. The Kier molecular flexibility index (Phi) is 6.44. The van der Waals surface area contributed by atoms with Crippen LogP contribution in [0.1, 0.15) is 45.1 Å². The van der Waals surface area contributed by atoms with E-state index in [-0.39, 0.29) is 12.5 Å². The van der Waals surface area contributed by atoms with Crippen molar-refractivity contribution in [3.05, 3.63) is 29.8 Å². The minimum atomic E-state index is 0.0113. The molecule has 0 aliphatic rings. The number of unbranched alkanes of at least 4 members (excludes halogenated alkanes) is 1. The number of hydrogen-bond donors (Lipinski definition) is 1. The van der Waals surface area contributed by atoms with Crippen LogP contribution in [0, 0.1) is 0 Å². The molecule has 1 aromatic carbocycles. The molecular formula is C15H23NO2. The Bertz CT molecular complexity index is 377.